The Hall–Kier alpha value is -1.69. The molecule has 0 saturated carbocycles. The number of halogens is 2. The maximum atomic E-state index is 13.3. The molecule has 0 bridgehead atoms. The van der Waals surface area contributed by atoms with Crippen LogP contribution < -0.4 is 5.73 Å². The van der Waals surface area contributed by atoms with E-state index < -0.39 is 17.3 Å². The molecule has 98 valence electrons. The number of piperazine rings is 1. The Morgan fingerprint density at radius 1 is 1.17 bits per heavy atom. The van der Waals surface area contributed by atoms with Crippen molar-refractivity contribution >= 4 is 11.6 Å². The second kappa shape index (κ2) is 4.89. The van der Waals surface area contributed by atoms with Crippen LogP contribution in [0, 0.1) is 11.6 Å². The highest BCUT2D eigenvalue weighted by molar-refractivity contribution is 5.94. The van der Waals surface area contributed by atoms with Crippen LogP contribution in [-0.2, 0) is 0 Å². The minimum Gasteiger partial charge on any atom is -0.394 e. The molecule has 6 heteroatoms. The molecule has 1 amide bonds. The van der Waals surface area contributed by atoms with Crippen molar-refractivity contribution < 1.29 is 13.6 Å². The summed E-state index contributed by atoms with van der Waals surface area (Å²) in [5.74, 6) is -2.15. The first-order valence-electron chi connectivity index (χ1n) is 5.71. The highest BCUT2D eigenvalue weighted by Crippen LogP contribution is 2.18. The zero-order valence-corrected chi connectivity index (χ0v) is 10.1. The number of likely N-dealkylation sites (N-methyl/N-ethyl adjacent to an activating group) is 1. The number of hydrogen-bond donors (Lipinski definition) is 1. The summed E-state index contributed by atoms with van der Waals surface area (Å²) in [7, 11) is 1.96. The van der Waals surface area contributed by atoms with Gasteiger partial charge in [-0.25, -0.2) is 8.78 Å². The van der Waals surface area contributed by atoms with E-state index in [1.807, 2.05) is 7.05 Å². The van der Waals surface area contributed by atoms with Crippen molar-refractivity contribution in [2.45, 2.75) is 0 Å². The molecule has 0 aliphatic carbocycles. The molecule has 1 aliphatic rings. The summed E-state index contributed by atoms with van der Waals surface area (Å²) < 4.78 is 26.6. The van der Waals surface area contributed by atoms with Gasteiger partial charge in [-0.2, -0.15) is 0 Å². The van der Waals surface area contributed by atoms with Gasteiger partial charge in [0, 0.05) is 31.7 Å². The molecule has 0 atom stereocenters. The molecule has 4 nitrogen and oxygen atoms in total. The van der Waals surface area contributed by atoms with Crippen LogP contribution >= 0.6 is 0 Å². The lowest BCUT2D eigenvalue weighted by molar-refractivity contribution is 0.0663. The fraction of sp³-hybridized carbons (Fsp3) is 0.417. The van der Waals surface area contributed by atoms with Crippen LogP contribution in [0.2, 0.25) is 0 Å². The Morgan fingerprint density at radius 3 is 2.17 bits per heavy atom. The summed E-state index contributed by atoms with van der Waals surface area (Å²) >= 11 is 0. The van der Waals surface area contributed by atoms with Crippen LogP contribution in [0.15, 0.2) is 12.1 Å². The Kier molecular flexibility index (Phi) is 3.47. The molecule has 1 aliphatic heterocycles. The van der Waals surface area contributed by atoms with E-state index in [-0.39, 0.29) is 11.5 Å². The van der Waals surface area contributed by atoms with Gasteiger partial charge in [0.2, 0.25) is 0 Å². The van der Waals surface area contributed by atoms with Gasteiger partial charge in [0.1, 0.15) is 17.3 Å². The first-order chi connectivity index (χ1) is 8.49. The molecule has 1 heterocycles. The third-order valence-electron chi connectivity index (χ3n) is 3.12. The molecular weight excluding hydrogens is 240 g/mol. The van der Waals surface area contributed by atoms with Gasteiger partial charge >= 0.3 is 0 Å². The maximum absolute atomic E-state index is 13.3. The Morgan fingerprint density at radius 2 is 1.67 bits per heavy atom. The molecule has 1 saturated heterocycles. The molecule has 0 spiro atoms. The van der Waals surface area contributed by atoms with Crippen LogP contribution in [0.5, 0.6) is 0 Å². The van der Waals surface area contributed by atoms with Gasteiger partial charge in [0.25, 0.3) is 5.91 Å². The van der Waals surface area contributed by atoms with E-state index in [2.05, 4.69) is 4.90 Å². The monoisotopic (exact) mass is 255 g/mol. The number of hydrogen-bond acceptors (Lipinski definition) is 3. The lowest BCUT2D eigenvalue weighted by Gasteiger charge is -2.32. The Labute approximate surface area is 104 Å². The van der Waals surface area contributed by atoms with Crippen LogP contribution in [-0.4, -0.2) is 48.9 Å². The maximum Gasteiger partial charge on any atom is 0.254 e. The Balaban J connectivity index is 2.19. The van der Waals surface area contributed by atoms with Crippen molar-refractivity contribution in [1.29, 1.82) is 0 Å². The van der Waals surface area contributed by atoms with Gasteiger partial charge in [0.15, 0.2) is 0 Å². The summed E-state index contributed by atoms with van der Waals surface area (Å²) in [5, 5.41) is 0. The predicted molar refractivity (Wildman–Crippen MR) is 64.2 cm³/mol. The molecule has 1 aromatic carbocycles. The number of nitrogens with two attached hydrogens (primary N) is 1. The third kappa shape index (κ3) is 2.43. The minimum absolute atomic E-state index is 0.00348. The number of anilines is 1. The topological polar surface area (TPSA) is 49.6 Å². The van der Waals surface area contributed by atoms with E-state index in [4.69, 9.17) is 5.73 Å². The highest BCUT2D eigenvalue weighted by atomic mass is 19.1. The van der Waals surface area contributed by atoms with Gasteiger partial charge in [0.05, 0.1) is 0 Å². The number of benzene rings is 1. The molecule has 18 heavy (non-hydrogen) atoms. The molecule has 2 rings (SSSR count). The van der Waals surface area contributed by atoms with Crippen LogP contribution in [0.25, 0.3) is 0 Å². The second-order valence-electron chi connectivity index (χ2n) is 4.45. The van der Waals surface area contributed by atoms with Crippen LogP contribution in [0.4, 0.5) is 14.5 Å². The SMILES string of the molecule is CN1CCN(C(=O)c2cc(F)c(N)c(F)c2)CC1. The van der Waals surface area contributed by atoms with E-state index in [0.29, 0.717) is 13.1 Å². The number of rotatable bonds is 1. The van der Waals surface area contributed by atoms with Gasteiger partial charge in [-0.3, -0.25) is 4.79 Å². The van der Waals surface area contributed by atoms with Gasteiger partial charge < -0.3 is 15.5 Å². The fourth-order valence-electron chi connectivity index (χ4n) is 1.90. The van der Waals surface area contributed by atoms with Crippen LogP contribution in [0.3, 0.4) is 0 Å². The number of nitrogens with zero attached hydrogens (tertiary/aromatic N) is 2. The summed E-state index contributed by atoms with van der Waals surface area (Å²) in [4.78, 5) is 15.7. The van der Waals surface area contributed by atoms with Gasteiger partial charge in [-0.1, -0.05) is 0 Å². The smallest absolute Gasteiger partial charge is 0.254 e. The summed E-state index contributed by atoms with van der Waals surface area (Å²) in [5.41, 5.74) is 4.62. The molecule has 0 aromatic heterocycles. The zero-order valence-electron chi connectivity index (χ0n) is 10.1. The summed E-state index contributed by atoms with van der Waals surface area (Å²) in [6.07, 6.45) is 0. The van der Waals surface area contributed by atoms with E-state index in [1.54, 1.807) is 4.90 Å². The van der Waals surface area contributed by atoms with Crippen molar-refractivity contribution in [3.8, 4) is 0 Å². The van der Waals surface area contributed by atoms with Crippen molar-refractivity contribution in [3.63, 3.8) is 0 Å². The average Bonchev–Trinajstić information content (AvgIpc) is 2.35. The van der Waals surface area contributed by atoms with Crippen molar-refractivity contribution in [1.82, 2.24) is 9.80 Å². The first kappa shape index (κ1) is 12.8. The molecule has 1 aromatic rings. The number of carbonyl (C=O) groups excluding carboxylic acids is 1. The lowest BCUT2D eigenvalue weighted by atomic mass is 10.1. The van der Waals surface area contributed by atoms with Crippen LogP contribution in [0.1, 0.15) is 10.4 Å². The van der Waals surface area contributed by atoms with Gasteiger partial charge in [-0.05, 0) is 19.2 Å². The average molecular weight is 255 g/mol. The minimum atomic E-state index is -0.896. The number of amides is 1. The standard InChI is InChI=1S/C12H15F2N3O/c1-16-2-4-17(5-3-16)12(18)8-6-9(13)11(15)10(14)7-8/h6-7H,2-5,15H2,1H3. The van der Waals surface area contributed by atoms with E-state index >= 15 is 0 Å². The predicted octanol–water partition coefficient (Wildman–Crippen LogP) is 0.935. The zero-order chi connectivity index (χ0) is 13.3. The highest BCUT2D eigenvalue weighted by Gasteiger charge is 2.22. The van der Waals surface area contributed by atoms with E-state index in [9.17, 15) is 13.6 Å². The van der Waals surface area contributed by atoms with Gasteiger partial charge in [-0.15, -0.1) is 0 Å². The first-order valence-corrected chi connectivity index (χ1v) is 5.71. The van der Waals surface area contributed by atoms with Crippen molar-refractivity contribution in [2.75, 3.05) is 39.0 Å². The Bertz CT molecular complexity index is 447. The quantitative estimate of drug-likeness (QED) is 0.760. The molecule has 2 N–H and O–H groups in total. The largest absolute Gasteiger partial charge is 0.394 e. The number of nitrogen functional groups attached to an aromatic ring is 1. The normalized spacial score (nSPS) is 16.9. The third-order valence-corrected chi connectivity index (χ3v) is 3.12. The van der Waals surface area contributed by atoms with Crippen molar-refractivity contribution in [2.24, 2.45) is 0 Å². The van der Waals surface area contributed by atoms with Crippen molar-refractivity contribution in [3.05, 3.63) is 29.3 Å². The molecule has 0 radical (unpaired) electrons. The molecular formula is C12H15F2N3O. The van der Waals surface area contributed by atoms with E-state index in [1.165, 1.54) is 0 Å². The summed E-state index contributed by atoms with van der Waals surface area (Å²) in [6, 6.07) is 1.97. The fourth-order valence-corrected chi connectivity index (χ4v) is 1.90. The molecule has 1 fully saturated rings. The lowest BCUT2D eigenvalue weighted by Crippen LogP contribution is -2.47. The van der Waals surface area contributed by atoms with E-state index in [0.717, 1.165) is 25.2 Å². The second-order valence-corrected chi connectivity index (χ2v) is 4.45. The molecule has 0 unspecified atom stereocenters. The summed E-state index contributed by atoms with van der Waals surface area (Å²) in [6.45, 7) is 2.63. The number of carbonyl (C=O) groups is 1.